The van der Waals surface area contributed by atoms with Crippen LogP contribution in [0.3, 0.4) is 0 Å². The molecular formula is C17H16F4N3O6PS. The Labute approximate surface area is 182 Å². The summed E-state index contributed by atoms with van der Waals surface area (Å²) in [5.74, 6) is -4.31. The SMILES string of the molecule is Nc1ccn([C@@H]2O[C@@](COP3(=S)OCc4ccccc4O3)(C(F)F)[C@@H](O)C2(F)F)c(=O)n1. The number of hydrogen-bond donors (Lipinski definition) is 2. The molecule has 1 unspecified atom stereocenters. The third kappa shape index (κ3) is 3.80. The lowest BCUT2D eigenvalue weighted by Crippen LogP contribution is -2.54. The normalized spacial score (nSPS) is 31.3. The molecule has 1 fully saturated rings. The van der Waals surface area contributed by atoms with Gasteiger partial charge in [0.2, 0.25) is 6.23 Å². The summed E-state index contributed by atoms with van der Waals surface area (Å²) in [5.41, 5.74) is 1.42. The zero-order valence-corrected chi connectivity index (χ0v) is 17.6. The Hall–Kier alpha value is -2.09. The van der Waals surface area contributed by atoms with Crippen molar-refractivity contribution in [2.45, 2.75) is 36.9 Å². The van der Waals surface area contributed by atoms with Crippen molar-refractivity contribution < 1.29 is 41.0 Å². The van der Waals surface area contributed by atoms with Crippen LogP contribution in [0.15, 0.2) is 41.3 Å². The maximum Gasteiger partial charge on any atom is 0.381 e. The van der Waals surface area contributed by atoms with Gasteiger partial charge in [-0.15, -0.1) is 0 Å². The number of halogens is 4. The molecule has 3 heterocycles. The van der Waals surface area contributed by atoms with Crippen LogP contribution < -0.4 is 15.9 Å². The number of alkyl halides is 4. The van der Waals surface area contributed by atoms with E-state index in [0.717, 1.165) is 12.3 Å². The van der Waals surface area contributed by atoms with Gasteiger partial charge in [0.1, 0.15) is 11.6 Å². The molecule has 174 valence electrons. The number of nitrogens with two attached hydrogens (primary N) is 1. The second-order valence-electron chi connectivity index (χ2n) is 7.04. The van der Waals surface area contributed by atoms with Crippen LogP contribution in [-0.4, -0.2) is 45.3 Å². The van der Waals surface area contributed by atoms with Crippen LogP contribution in [0.1, 0.15) is 11.8 Å². The summed E-state index contributed by atoms with van der Waals surface area (Å²) in [6, 6.07) is 7.58. The van der Waals surface area contributed by atoms with Crippen LogP contribution in [0, 0.1) is 0 Å². The molecule has 4 atom stereocenters. The fourth-order valence-corrected chi connectivity index (χ4v) is 5.07. The standard InChI is InChI=1S/C17H16F4N3O6PS/c18-13(19)16(8-28-31(32)27-7-9-3-1-2-4-10(9)30-31)12(25)17(20,21)14(29-16)24-6-5-11(22)23-15(24)26/h1-6,12-14,25H,7-8H2,(H2,22,23,26)/t12-,14-,16-,31?/m1/s1. The number of para-hydroxylation sites is 1. The van der Waals surface area contributed by atoms with Crippen molar-refractivity contribution in [2.24, 2.45) is 0 Å². The highest BCUT2D eigenvalue weighted by Crippen LogP contribution is 2.57. The zero-order valence-electron chi connectivity index (χ0n) is 15.9. The Morgan fingerprint density at radius 1 is 1.38 bits per heavy atom. The first-order valence-corrected chi connectivity index (χ1v) is 11.6. The van der Waals surface area contributed by atoms with Crippen LogP contribution in [0.5, 0.6) is 5.75 Å². The van der Waals surface area contributed by atoms with Crippen molar-refractivity contribution in [3.8, 4) is 5.75 Å². The van der Waals surface area contributed by atoms with Gasteiger partial charge >= 0.3 is 18.3 Å². The minimum absolute atomic E-state index is 0.0518. The Morgan fingerprint density at radius 3 is 2.78 bits per heavy atom. The molecule has 9 nitrogen and oxygen atoms in total. The molecule has 32 heavy (non-hydrogen) atoms. The van der Waals surface area contributed by atoms with E-state index in [1.165, 1.54) is 0 Å². The predicted molar refractivity (Wildman–Crippen MR) is 105 cm³/mol. The van der Waals surface area contributed by atoms with E-state index in [4.69, 9.17) is 35.8 Å². The van der Waals surface area contributed by atoms with Gasteiger partial charge in [-0.2, -0.15) is 13.8 Å². The van der Waals surface area contributed by atoms with Gasteiger partial charge in [0.25, 0.3) is 6.43 Å². The summed E-state index contributed by atoms with van der Waals surface area (Å²) < 4.78 is 78.9. The van der Waals surface area contributed by atoms with Crippen molar-refractivity contribution >= 4 is 24.3 Å². The number of aliphatic hydroxyl groups is 1. The molecule has 0 saturated carbocycles. The highest BCUT2D eigenvalue weighted by molar-refractivity contribution is 8.07. The highest BCUT2D eigenvalue weighted by atomic mass is 32.5. The number of rotatable bonds is 5. The van der Waals surface area contributed by atoms with E-state index >= 15 is 0 Å². The molecule has 4 rings (SSSR count). The summed E-state index contributed by atoms with van der Waals surface area (Å²) in [7, 11) is 0. The molecule has 0 radical (unpaired) electrons. The smallest absolute Gasteiger partial charge is 0.381 e. The zero-order chi connectivity index (χ0) is 23.3. The molecule has 15 heteroatoms. The third-order valence-corrected chi connectivity index (χ3v) is 7.14. The summed E-state index contributed by atoms with van der Waals surface area (Å²) in [5, 5.41) is 10.2. The van der Waals surface area contributed by atoms with Crippen molar-refractivity contribution in [3.05, 3.63) is 52.6 Å². The Bertz CT molecular complexity index is 1140. The van der Waals surface area contributed by atoms with Gasteiger partial charge < -0.3 is 20.1 Å². The van der Waals surface area contributed by atoms with E-state index in [1.54, 1.807) is 24.3 Å². The van der Waals surface area contributed by atoms with Crippen LogP contribution in [0.4, 0.5) is 23.4 Å². The van der Waals surface area contributed by atoms with Crippen molar-refractivity contribution in [1.29, 1.82) is 0 Å². The molecule has 0 aliphatic carbocycles. The van der Waals surface area contributed by atoms with Gasteiger partial charge in [0.05, 0.1) is 13.2 Å². The number of aliphatic hydroxyl groups excluding tert-OH is 1. The Kier molecular flexibility index (Phi) is 5.80. The van der Waals surface area contributed by atoms with E-state index in [0.29, 0.717) is 11.3 Å². The molecule has 2 aliphatic rings. The first-order chi connectivity index (χ1) is 15.0. The lowest BCUT2D eigenvalue weighted by Gasteiger charge is -2.34. The number of anilines is 1. The highest BCUT2D eigenvalue weighted by Gasteiger charge is 2.71. The van der Waals surface area contributed by atoms with Crippen molar-refractivity contribution in [3.63, 3.8) is 0 Å². The van der Waals surface area contributed by atoms with Gasteiger partial charge in [-0.25, -0.2) is 13.6 Å². The fraction of sp³-hybridized carbons (Fsp3) is 0.412. The lowest BCUT2D eigenvalue weighted by atomic mass is 9.96. The van der Waals surface area contributed by atoms with E-state index in [1.807, 2.05) is 0 Å². The first kappa shape index (κ1) is 23.1. The molecule has 2 aromatic rings. The molecule has 0 bridgehead atoms. The Morgan fingerprint density at radius 2 is 2.09 bits per heavy atom. The van der Waals surface area contributed by atoms with E-state index < -0.39 is 49.3 Å². The summed E-state index contributed by atoms with van der Waals surface area (Å²) in [4.78, 5) is 15.3. The summed E-state index contributed by atoms with van der Waals surface area (Å²) in [6.45, 7) is -5.04. The summed E-state index contributed by atoms with van der Waals surface area (Å²) >= 11 is 5.15. The lowest BCUT2D eigenvalue weighted by molar-refractivity contribution is -0.193. The van der Waals surface area contributed by atoms with Crippen LogP contribution >= 0.6 is 6.72 Å². The number of nitrogen functional groups attached to an aromatic ring is 1. The van der Waals surface area contributed by atoms with E-state index in [2.05, 4.69) is 4.98 Å². The number of nitrogens with zero attached hydrogens (tertiary/aromatic N) is 2. The molecule has 0 spiro atoms. The number of aromatic nitrogens is 2. The first-order valence-electron chi connectivity index (χ1n) is 9.02. The second-order valence-corrected chi connectivity index (χ2v) is 9.97. The molecule has 1 aromatic carbocycles. The average Bonchev–Trinajstić information content (AvgIpc) is 2.94. The predicted octanol–water partition coefficient (Wildman–Crippen LogP) is 2.20. The molecule has 0 amide bonds. The average molecular weight is 497 g/mol. The molecule has 1 aromatic heterocycles. The second kappa shape index (κ2) is 8.04. The number of ether oxygens (including phenoxy) is 1. The maximum atomic E-state index is 14.8. The quantitative estimate of drug-likeness (QED) is 0.474. The molecular weight excluding hydrogens is 481 g/mol. The van der Waals surface area contributed by atoms with Crippen LogP contribution in [0.25, 0.3) is 0 Å². The molecule has 1 saturated heterocycles. The van der Waals surface area contributed by atoms with Gasteiger partial charge in [0.15, 0.2) is 11.7 Å². The van der Waals surface area contributed by atoms with Crippen LogP contribution in [0.2, 0.25) is 0 Å². The van der Waals surface area contributed by atoms with E-state index in [9.17, 15) is 27.5 Å². The Balaban J connectivity index is 1.62. The van der Waals surface area contributed by atoms with Gasteiger partial charge in [-0.3, -0.25) is 13.6 Å². The largest absolute Gasteiger partial charge is 0.424 e. The number of hydrogen-bond acceptors (Lipinski definition) is 9. The number of fused-ring (bicyclic) bond motifs is 1. The molecule has 3 N–H and O–H groups in total. The summed E-state index contributed by atoms with van der Waals surface area (Å²) in [6.07, 6.45) is -8.54. The van der Waals surface area contributed by atoms with Crippen LogP contribution in [-0.2, 0) is 32.2 Å². The van der Waals surface area contributed by atoms with Gasteiger partial charge in [0, 0.05) is 23.6 Å². The molecule has 2 aliphatic heterocycles. The fourth-order valence-electron chi connectivity index (χ4n) is 3.26. The minimum Gasteiger partial charge on any atom is -0.424 e. The minimum atomic E-state index is -4.32. The number of benzene rings is 1. The van der Waals surface area contributed by atoms with Gasteiger partial charge in [-0.1, -0.05) is 18.2 Å². The third-order valence-electron chi connectivity index (χ3n) is 4.97. The van der Waals surface area contributed by atoms with Gasteiger partial charge in [-0.05, 0) is 12.1 Å². The maximum absolute atomic E-state index is 14.8. The van der Waals surface area contributed by atoms with Crippen molar-refractivity contribution in [2.75, 3.05) is 12.3 Å². The topological polar surface area (TPSA) is 118 Å². The monoisotopic (exact) mass is 497 g/mol. The van der Waals surface area contributed by atoms with E-state index in [-0.39, 0.29) is 17.0 Å². The van der Waals surface area contributed by atoms with Crippen molar-refractivity contribution in [1.82, 2.24) is 9.55 Å².